The maximum absolute atomic E-state index is 13.7. The first-order valence-corrected chi connectivity index (χ1v) is 8.23. The van der Waals surface area contributed by atoms with Crippen LogP contribution in [0.15, 0.2) is 30.3 Å². The molecule has 0 spiro atoms. The van der Waals surface area contributed by atoms with Crippen LogP contribution >= 0.6 is 12.4 Å². The fourth-order valence-electron chi connectivity index (χ4n) is 3.14. The Morgan fingerprint density at radius 3 is 2.63 bits per heavy atom. The fraction of sp³-hybridized carbons (Fsp3) is 0.316. The van der Waals surface area contributed by atoms with Crippen LogP contribution in [-0.2, 0) is 30.4 Å². The van der Waals surface area contributed by atoms with Gasteiger partial charge >= 0.3 is 6.18 Å². The number of hydrogen-bond donors (Lipinski definition) is 2. The summed E-state index contributed by atoms with van der Waals surface area (Å²) in [5.74, 6) is -1.76. The summed E-state index contributed by atoms with van der Waals surface area (Å²) in [6.45, 7) is 3.42. The lowest BCUT2D eigenvalue weighted by Gasteiger charge is -2.22. The van der Waals surface area contributed by atoms with E-state index in [1.165, 1.54) is 0 Å². The highest BCUT2D eigenvalue weighted by Gasteiger charge is 2.34. The molecule has 2 N–H and O–H groups in total. The van der Waals surface area contributed by atoms with E-state index in [1.54, 1.807) is 0 Å². The van der Waals surface area contributed by atoms with Crippen molar-refractivity contribution in [1.29, 1.82) is 0 Å². The van der Waals surface area contributed by atoms with E-state index in [0.717, 1.165) is 54.0 Å². The summed E-state index contributed by atoms with van der Waals surface area (Å²) in [5.41, 5.74) is 2.69. The molecule has 2 aromatic carbocycles. The molecule has 1 aliphatic heterocycles. The Morgan fingerprint density at radius 2 is 1.96 bits per heavy atom. The van der Waals surface area contributed by atoms with Crippen molar-refractivity contribution >= 4 is 24.0 Å². The van der Waals surface area contributed by atoms with E-state index in [9.17, 15) is 22.4 Å². The molecule has 8 heteroatoms. The average Bonchev–Trinajstić information content (AvgIpc) is 2.56. The number of halogens is 5. The zero-order valence-electron chi connectivity index (χ0n) is 14.5. The third-order valence-electron chi connectivity index (χ3n) is 4.45. The molecule has 0 saturated carbocycles. The molecule has 1 aliphatic rings. The number of fused-ring (bicyclic) bond motifs is 1. The number of carbonyl (C=O) groups is 1. The van der Waals surface area contributed by atoms with Crippen LogP contribution in [0.2, 0.25) is 0 Å². The summed E-state index contributed by atoms with van der Waals surface area (Å²) < 4.78 is 51.5. The Hall–Kier alpha value is -2.12. The predicted octanol–water partition coefficient (Wildman–Crippen LogP) is 4.40. The topological polar surface area (TPSA) is 41.1 Å². The van der Waals surface area contributed by atoms with Gasteiger partial charge in [-0.1, -0.05) is 18.2 Å². The first-order chi connectivity index (χ1) is 12.3. The normalized spacial score (nSPS) is 13.5. The summed E-state index contributed by atoms with van der Waals surface area (Å²) in [6, 6.07) is 6.48. The number of rotatable bonds is 3. The highest BCUT2D eigenvalue weighted by atomic mass is 35.5. The molecule has 0 aromatic heterocycles. The summed E-state index contributed by atoms with van der Waals surface area (Å²) >= 11 is 0. The second-order valence-electron chi connectivity index (χ2n) is 6.36. The molecule has 0 atom stereocenters. The SMILES string of the molecule is Cc1ccc2c(c1NC(=O)Cc1ccc(C(F)(F)F)c(F)c1)CCNC2.Cl. The fourth-order valence-corrected chi connectivity index (χ4v) is 3.14. The van der Waals surface area contributed by atoms with Gasteiger partial charge in [0.15, 0.2) is 0 Å². The van der Waals surface area contributed by atoms with Gasteiger partial charge in [-0.2, -0.15) is 13.2 Å². The minimum absolute atomic E-state index is 0. The quantitative estimate of drug-likeness (QED) is 0.747. The number of alkyl halides is 3. The van der Waals surface area contributed by atoms with E-state index in [0.29, 0.717) is 6.07 Å². The van der Waals surface area contributed by atoms with Gasteiger partial charge in [-0.05, 0) is 54.3 Å². The molecule has 1 amide bonds. The van der Waals surface area contributed by atoms with Gasteiger partial charge in [0.05, 0.1) is 12.0 Å². The molecule has 0 fully saturated rings. The summed E-state index contributed by atoms with van der Waals surface area (Å²) in [6.07, 6.45) is -4.17. The molecule has 0 radical (unpaired) electrons. The lowest BCUT2D eigenvalue weighted by atomic mass is 9.96. The molecule has 2 aromatic rings. The van der Waals surface area contributed by atoms with Crippen LogP contribution in [0.4, 0.5) is 23.2 Å². The van der Waals surface area contributed by atoms with Crippen LogP contribution in [0.1, 0.15) is 27.8 Å². The standard InChI is InChI=1S/C19H18F4N2O.ClH/c1-11-2-4-13-10-24-7-6-14(13)18(11)25-17(26)9-12-3-5-15(16(20)8-12)19(21,22)23;/h2-5,8,24H,6-7,9-10H2,1H3,(H,25,26);1H. The van der Waals surface area contributed by atoms with Gasteiger partial charge in [0.1, 0.15) is 5.82 Å². The monoisotopic (exact) mass is 402 g/mol. The van der Waals surface area contributed by atoms with Crippen LogP contribution in [0.25, 0.3) is 0 Å². The minimum atomic E-state index is -4.75. The van der Waals surface area contributed by atoms with E-state index in [1.807, 2.05) is 19.1 Å². The molecule has 27 heavy (non-hydrogen) atoms. The highest BCUT2D eigenvalue weighted by molar-refractivity contribution is 5.94. The van der Waals surface area contributed by atoms with Gasteiger partial charge in [0.25, 0.3) is 0 Å². The van der Waals surface area contributed by atoms with E-state index in [-0.39, 0.29) is 30.3 Å². The number of hydrogen-bond acceptors (Lipinski definition) is 2. The second kappa shape index (κ2) is 8.27. The molecule has 3 rings (SSSR count). The molecular weight excluding hydrogens is 384 g/mol. The summed E-state index contributed by atoms with van der Waals surface area (Å²) in [7, 11) is 0. The highest BCUT2D eigenvalue weighted by Crippen LogP contribution is 2.32. The van der Waals surface area contributed by atoms with Crippen LogP contribution in [-0.4, -0.2) is 12.5 Å². The van der Waals surface area contributed by atoms with Gasteiger partial charge in [0, 0.05) is 12.2 Å². The van der Waals surface area contributed by atoms with Crippen molar-refractivity contribution in [3.8, 4) is 0 Å². The first-order valence-electron chi connectivity index (χ1n) is 8.23. The molecule has 146 valence electrons. The Kier molecular flexibility index (Phi) is 6.49. The van der Waals surface area contributed by atoms with Crippen molar-refractivity contribution in [2.45, 2.75) is 32.5 Å². The smallest absolute Gasteiger partial charge is 0.325 e. The number of nitrogens with one attached hydrogen (secondary N) is 2. The second-order valence-corrected chi connectivity index (χ2v) is 6.36. The minimum Gasteiger partial charge on any atom is -0.325 e. The Balaban J connectivity index is 0.00000261. The van der Waals surface area contributed by atoms with Crippen LogP contribution in [0.5, 0.6) is 0 Å². The van der Waals surface area contributed by atoms with Gasteiger partial charge in [-0.15, -0.1) is 12.4 Å². The molecular formula is C19H19ClF4N2O. The van der Waals surface area contributed by atoms with Crippen molar-refractivity contribution in [2.75, 3.05) is 11.9 Å². The van der Waals surface area contributed by atoms with Gasteiger partial charge in [-0.3, -0.25) is 4.79 Å². The van der Waals surface area contributed by atoms with Gasteiger partial charge in [0.2, 0.25) is 5.91 Å². The number of anilines is 1. The van der Waals surface area contributed by atoms with Crippen LogP contribution in [0.3, 0.4) is 0 Å². The Bertz CT molecular complexity index is 852. The zero-order valence-corrected chi connectivity index (χ0v) is 15.4. The maximum atomic E-state index is 13.7. The van der Waals surface area contributed by atoms with Crippen molar-refractivity contribution < 1.29 is 22.4 Å². The average molecular weight is 403 g/mol. The lowest BCUT2D eigenvalue weighted by molar-refractivity contribution is -0.140. The van der Waals surface area contributed by atoms with Crippen molar-refractivity contribution in [1.82, 2.24) is 5.32 Å². The van der Waals surface area contributed by atoms with E-state index >= 15 is 0 Å². The molecule has 1 heterocycles. The van der Waals surface area contributed by atoms with Gasteiger partial charge in [-0.25, -0.2) is 4.39 Å². The van der Waals surface area contributed by atoms with Gasteiger partial charge < -0.3 is 10.6 Å². The van der Waals surface area contributed by atoms with Crippen molar-refractivity contribution in [2.24, 2.45) is 0 Å². The Labute approximate surface area is 160 Å². The molecule has 0 unspecified atom stereocenters. The molecule has 3 nitrogen and oxygen atoms in total. The van der Waals surface area contributed by atoms with E-state index in [4.69, 9.17) is 0 Å². The lowest BCUT2D eigenvalue weighted by Crippen LogP contribution is -2.26. The van der Waals surface area contributed by atoms with Crippen LogP contribution in [0, 0.1) is 12.7 Å². The molecule has 0 bridgehead atoms. The maximum Gasteiger partial charge on any atom is 0.419 e. The van der Waals surface area contributed by atoms with E-state index < -0.39 is 17.6 Å². The zero-order chi connectivity index (χ0) is 18.9. The third kappa shape index (κ3) is 4.78. The van der Waals surface area contributed by atoms with Crippen LogP contribution < -0.4 is 10.6 Å². The number of aryl methyl sites for hydroxylation is 1. The van der Waals surface area contributed by atoms with Crippen molar-refractivity contribution in [3.63, 3.8) is 0 Å². The largest absolute Gasteiger partial charge is 0.419 e. The van der Waals surface area contributed by atoms with Crippen molar-refractivity contribution in [3.05, 3.63) is 64.0 Å². The number of amides is 1. The first kappa shape index (κ1) is 21.2. The third-order valence-corrected chi connectivity index (χ3v) is 4.45. The Morgan fingerprint density at radius 1 is 1.22 bits per heavy atom. The number of carbonyl (C=O) groups excluding carboxylic acids is 1. The summed E-state index contributed by atoms with van der Waals surface area (Å²) in [5, 5.41) is 6.10. The predicted molar refractivity (Wildman–Crippen MR) is 97.6 cm³/mol. The summed E-state index contributed by atoms with van der Waals surface area (Å²) in [4.78, 5) is 12.3. The molecule has 0 saturated heterocycles. The number of benzene rings is 2. The molecule has 0 aliphatic carbocycles. The van der Waals surface area contributed by atoms with E-state index in [2.05, 4.69) is 10.6 Å².